The molecule has 0 N–H and O–H groups in total. The maximum atomic E-state index is 13.3. The van der Waals surface area contributed by atoms with Crippen LogP contribution in [0.5, 0.6) is 0 Å². The maximum Gasteiger partial charge on any atom is 0.227 e. The van der Waals surface area contributed by atoms with Crippen LogP contribution < -0.4 is 0 Å². The number of hydrogen-bond donors (Lipinski definition) is 0. The average molecular weight is 455 g/mol. The lowest BCUT2D eigenvalue weighted by atomic mass is 10.0. The molecule has 1 amide bonds. The van der Waals surface area contributed by atoms with E-state index in [1.54, 1.807) is 6.92 Å². The molecular weight excluding hydrogens is 420 g/mol. The van der Waals surface area contributed by atoms with E-state index >= 15 is 0 Å². The molecule has 4 nitrogen and oxygen atoms in total. The molecule has 0 heterocycles. The Morgan fingerprint density at radius 2 is 1.53 bits per heavy atom. The molecule has 1 atom stereocenters. The van der Waals surface area contributed by atoms with Crippen LogP contribution in [-0.2, 0) is 11.2 Å². The van der Waals surface area contributed by atoms with Gasteiger partial charge in [0, 0.05) is 17.8 Å². The Morgan fingerprint density at radius 1 is 0.882 bits per heavy atom. The standard InChI is InChI=1S/C30H34N2O2/c1-6-19-32(23(4)22(3)31-28-14-10-11-21(2)30(28)24(5)33)29(34)20-25-15-17-27(18-16-25)26-12-8-7-9-13-26/h7-18,23H,6,19-20H2,1-5H3. The Balaban J connectivity index is 1.78. The molecule has 34 heavy (non-hydrogen) atoms. The summed E-state index contributed by atoms with van der Waals surface area (Å²) in [6, 6.07) is 23.9. The van der Waals surface area contributed by atoms with Gasteiger partial charge < -0.3 is 4.90 Å². The Hall–Kier alpha value is -3.53. The van der Waals surface area contributed by atoms with Crippen LogP contribution in [0.4, 0.5) is 5.69 Å². The van der Waals surface area contributed by atoms with Gasteiger partial charge in [-0.05, 0) is 62.4 Å². The number of carbonyl (C=O) groups is 2. The molecule has 0 aromatic heterocycles. The molecule has 4 heteroatoms. The van der Waals surface area contributed by atoms with Crippen LogP contribution in [0.3, 0.4) is 0 Å². The predicted octanol–water partition coefficient (Wildman–Crippen LogP) is 6.83. The normalized spacial score (nSPS) is 12.3. The number of aryl methyl sites for hydroxylation is 1. The van der Waals surface area contributed by atoms with E-state index in [0.29, 0.717) is 24.2 Å². The monoisotopic (exact) mass is 454 g/mol. The van der Waals surface area contributed by atoms with Gasteiger partial charge in [-0.25, -0.2) is 0 Å². The second kappa shape index (κ2) is 11.6. The molecule has 3 aromatic rings. The molecule has 0 saturated carbocycles. The molecule has 1 unspecified atom stereocenters. The quantitative estimate of drug-likeness (QED) is 0.263. The molecule has 0 radical (unpaired) electrons. The highest BCUT2D eigenvalue weighted by Crippen LogP contribution is 2.24. The Labute approximate surface area is 203 Å². The summed E-state index contributed by atoms with van der Waals surface area (Å²) in [5.41, 5.74) is 6.32. The second-order valence-corrected chi connectivity index (χ2v) is 8.78. The minimum Gasteiger partial charge on any atom is -0.334 e. The molecule has 176 valence electrons. The van der Waals surface area contributed by atoms with Crippen molar-refractivity contribution in [3.63, 3.8) is 0 Å². The first-order chi connectivity index (χ1) is 16.3. The van der Waals surface area contributed by atoms with Crippen LogP contribution in [0.1, 0.15) is 55.6 Å². The molecule has 0 aliphatic heterocycles. The number of hydrogen-bond acceptors (Lipinski definition) is 3. The van der Waals surface area contributed by atoms with E-state index in [4.69, 9.17) is 4.99 Å². The third-order valence-electron chi connectivity index (χ3n) is 6.17. The fourth-order valence-electron chi connectivity index (χ4n) is 4.21. The molecular formula is C30H34N2O2. The highest BCUT2D eigenvalue weighted by atomic mass is 16.2. The van der Waals surface area contributed by atoms with Gasteiger partial charge in [-0.2, -0.15) is 0 Å². The largest absolute Gasteiger partial charge is 0.334 e. The Morgan fingerprint density at radius 3 is 2.15 bits per heavy atom. The van der Waals surface area contributed by atoms with Gasteiger partial charge in [0.05, 0.1) is 18.2 Å². The summed E-state index contributed by atoms with van der Waals surface area (Å²) in [5, 5.41) is 0. The first kappa shape index (κ1) is 25.1. The summed E-state index contributed by atoms with van der Waals surface area (Å²) < 4.78 is 0. The van der Waals surface area contributed by atoms with Gasteiger partial charge in [-0.3, -0.25) is 14.6 Å². The van der Waals surface area contributed by atoms with Crippen LogP contribution in [0.2, 0.25) is 0 Å². The number of nitrogens with zero attached hydrogens (tertiary/aromatic N) is 2. The maximum absolute atomic E-state index is 13.3. The number of amides is 1. The van der Waals surface area contributed by atoms with E-state index < -0.39 is 0 Å². The molecule has 0 fully saturated rings. The van der Waals surface area contributed by atoms with Gasteiger partial charge in [0.2, 0.25) is 5.91 Å². The van der Waals surface area contributed by atoms with Crippen molar-refractivity contribution < 1.29 is 9.59 Å². The van der Waals surface area contributed by atoms with Crippen molar-refractivity contribution in [2.24, 2.45) is 4.99 Å². The lowest BCUT2D eigenvalue weighted by Crippen LogP contribution is -2.43. The summed E-state index contributed by atoms with van der Waals surface area (Å²) in [6.45, 7) is 10.2. The molecule has 0 bridgehead atoms. The van der Waals surface area contributed by atoms with Gasteiger partial charge in [0.25, 0.3) is 0 Å². The Bertz CT molecular complexity index is 1160. The van der Waals surface area contributed by atoms with E-state index in [-0.39, 0.29) is 17.7 Å². The number of rotatable bonds is 9. The summed E-state index contributed by atoms with van der Waals surface area (Å²) in [4.78, 5) is 32.1. The van der Waals surface area contributed by atoms with Crippen molar-refractivity contribution >= 4 is 23.1 Å². The molecule has 0 saturated heterocycles. The fourth-order valence-corrected chi connectivity index (χ4v) is 4.21. The van der Waals surface area contributed by atoms with Crippen molar-refractivity contribution in [3.8, 4) is 11.1 Å². The highest BCUT2D eigenvalue weighted by molar-refractivity contribution is 6.02. The van der Waals surface area contributed by atoms with E-state index in [0.717, 1.165) is 34.4 Å². The number of Topliss-reactive ketones (excluding diaryl/α,β-unsaturated/α-hetero) is 1. The summed E-state index contributed by atoms with van der Waals surface area (Å²) in [5.74, 6) is 0.0742. The summed E-state index contributed by atoms with van der Waals surface area (Å²) in [6.07, 6.45) is 1.20. The summed E-state index contributed by atoms with van der Waals surface area (Å²) in [7, 11) is 0. The van der Waals surface area contributed by atoms with Crippen molar-refractivity contribution in [2.75, 3.05) is 6.54 Å². The van der Waals surface area contributed by atoms with E-state index in [2.05, 4.69) is 31.2 Å². The first-order valence-electron chi connectivity index (χ1n) is 11.9. The van der Waals surface area contributed by atoms with Crippen LogP contribution in [-0.4, -0.2) is 34.9 Å². The third-order valence-corrected chi connectivity index (χ3v) is 6.17. The van der Waals surface area contributed by atoms with Crippen molar-refractivity contribution in [2.45, 2.75) is 53.5 Å². The smallest absolute Gasteiger partial charge is 0.227 e. The fraction of sp³-hybridized carbons (Fsp3) is 0.300. The van der Waals surface area contributed by atoms with Gasteiger partial charge in [-0.1, -0.05) is 73.7 Å². The van der Waals surface area contributed by atoms with Gasteiger partial charge >= 0.3 is 0 Å². The number of ketones is 1. The lowest BCUT2D eigenvalue weighted by Gasteiger charge is -2.29. The van der Waals surface area contributed by atoms with E-state index in [1.807, 2.05) is 74.2 Å². The van der Waals surface area contributed by atoms with Crippen molar-refractivity contribution in [1.82, 2.24) is 4.90 Å². The van der Waals surface area contributed by atoms with E-state index in [1.165, 1.54) is 0 Å². The van der Waals surface area contributed by atoms with Gasteiger partial charge in [0.1, 0.15) is 0 Å². The SMILES string of the molecule is CCCN(C(=O)Cc1ccc(-c2ccccc2)cc1)C(C)C(C)=Nc1cccc(C)c1C(C)=O. The molecule has 3 rings (SSSR count). The zero-order valence-corrected chi connectivity index (χ0v) is 20.8. The van der Waals surface area contributed by atoms with Gasteiger partial charge in [0.15, 0.2) is 5.78 Å². The predicted molar refractivity (Wildman–Crippen MR) is 141 cm³/mol. The zero-order valence-electron chi connectivity index (χ0n) is 20.8. The van der Waals surface area contributed by atoms with Gasteiger partial charge in [-0.15, -0.1) is 0 Å². The lowest BCUT2D eigenvalue weighted by molar-refractivity contribution is -0.131. The van der Waals surface area contributed by atoms with Crippen molar-refractivity contribution in [3.05, 3.63) is 89.5 Å². The Kier molecular flexibility index (Phi) is 8.53. The average Bonchev–Trinajstić information content (AvgIpc) is 2.83. The first-order valence-corrected chi connectivity index (χ1v) is 11.9. The van der Waals surface area contributed by atoms with Crippen LogP contribution >= 0.6 is 0 Å². The minimum absolute atomic E-state index is 0.00209. The minimum atomic E-state index is -0.170. The number of aliphatic imine (C=N–C) groups is 1. The van der Waals surface area contributed by atoms with Crippen LogP contribution in [0.25, 0.3) is 11.1 Å². The zero-order chi connectivity index (χ0) is 24.7. The number of benzene rings is 3. The number of carbonyl (C=O) groups excluding carboxylic acids is 2. The molecule has 3 aromatic carbocycles. The topological polar surface area (TPSA) is 49.7 Å². The van der Waals surface area contributed by atoms with Crippen LogP contribution in [0, 0.1) is 6.92 Å². The molecule has 0 aliphatic rings. The van der Waals surface area contributed by atoms with Crippen LogP contribution in [0.15, 0.2) is 77.8 Å². The summed E-state index contributed by atoms with van der Waals surface area (Å²) >= 11 is 0. The highest BCUT2D eigenvalue weighted by Gasteiger charge is 2.22. The molecule has 0 spiro atoms. The van der Waals surface area contributed by atoms with Crippen molar-refractivity contribution in [1.29, 1.82) is 0 Å². The second-order valence-electron chi connectivity index (χ2n) is 8.78. The molecule has 0 aliphatic carbocycles. The van der Waals surface area contributed by atoms with E-state index in [9.17, 15) is 9.59 Å². The third kappa shape index (κ3) is 6.07.